The van der Waals surface area contributed by atoms with E-state index in [4.69, 9.17) is 0 Å². The molecular weight excluding hydrogens is 313 g/mol. The van der Waals surface area contributed by atoms with Crippen molar-refractivity contribution in [3.63, 3.8) is 0 Å². The molecule has 3 heteroatoms. The maximum atomic E-state index is 11.9. The summed E-state index contributed by atoms with van der Waals surface area (Å²) < 4.78 is 1.00. The van der Waals surface area contributed by atoms with E-state index in [1.165, 1.54) is 0 Å². The Balaban J connectivity index is 2.56. The molecule has 0 aliphatic heterocycles. The zero-order valence-electron chi connectivity index (χ0n) is 9.79. The van der Waals surface area contributed by atoms with Crippen molar-refractivity contribution in [1.29, 1.82) is 0 Å². The Labute approximate surface area is 111 Å². The van der Waals surface area contributed by atoms with Crippen LogP contribution >= 0.6 is 22.6 Å². The molecule has 1 N–H and O–H groups in total. The predicted molar refractivity (Wildman–Crippen MR) is 75.6 cm³/mol. The highest BCUT2D eigenvalue weighted by Crippen LogP contribution is 2.12. The summed E-state index contributed by atoms with van der Waals surface area (Å²) in [5.41, 5.74) is 0.772. The van der Waals surface area contributed by atoms with Crippen molar-refractivity contribution in [3.8, 4) is 0 Å². The fourth-order valence-corrected chi connectivity index (χ4v) is 2.19. The lowest BCUT2D eigenvalue weighted by Crippen LogP contribution is -2.29. The van der Waals surface area contributed by atoms with Gasteiger partial charge in [0.15, 0.2) is 0 Å². The number of halogens is 1. The molecule has 0 bridgehead atoms. The standard InChI is InChI=1S/C13H18INO/c1-3-10(4-2)9-15-13(16)11-7-5-6-8-12(11)14/h5-8,10H,3-4,9H2,1-2H3,(H,15,16). The van der Waals surface area contributed by atoms with E-state index in [0.717, 1.165) is 28.5 Å². The zero-order chi connectivity index (χ0) is 12.0. The highest BCUT2D eigenvalue weighted by molar-refractivity contribution is 14.1. The number of amides is 1. The second-order valence-electron chi connectivity index (χ2n) is 3.87. The minimum absolute atomic E-state index is 0.0388. The molecule has 0 aliphatic carbocycles. The molecule has 0 radical (unpaired) electrons. The van der Waals surface area contributed by atoms with Gasteiger partial charge in [-0.2, -0.15) is 0 Å². The molecule has 0 heterocycles. The van der Waals surface area contributed by atoms with Crippen LogP contribution in [0.1, 0.15) is 37.0 Å². The second-order valence-corrected chi connectivity index (χ2v) is 5.03. The Bertz CT molecular complexity index is 348. The summed E-state index contributed by atoms with van der Waals surface area (Å²) in [6.45, 7) is 5.09. The van der Waals surface area contributed by atoms with Crippen molar-refractivity contribution in [3.05, 3.63) is 33.4 Å². The molecule has 0 saturated heterocycles. The maximum Gasteiger partial charge on any atom is 0.252 e. The Morgan fingerprint density at radius 1 is 1.31 bits per heavy atom. The van der Waals surface area contributed by atoms with Crippen LogP contribution < -0.4 is 5.32 Å². The van der Waals surface area contributed by atoms with Gasteiger partial charge in [-0.1, -0.05) is 38.8 Å². The summed E-state index contributed by atoms with van der Waals surface area (Å²) in [7, 11) is 0. The number of carbonyl (C=O) groups excluding carboxylic acids is 1. The fraction of sp³-hybridized carbons (Fsp3) is 0.462. The van der Waals surface area contributed by atoms with Gasteiger partial charge < -0.3 is 5.32 Å². The normalized spacial score (nSPS) is 10.5. The summed E-state index contributed by atoms with van der Waals surface area (Å²) in [5.74, 6) is 0.627. The van der Waals surface area contributed by atoms with E-state index in [0.29, 0.717) is 5.92 Å². The first-order valence-electron chi connectivity index (χ1n) is 5.71. The zero-order valence-corrected chi connectivity index (χ0v) is 12.0. The first-order valence-corrected chi connectivity index (χ1v) is 6.79. The molecule has 16 heavy (non-hydrogen) atoms. The number of benzene rings is 1. The van der Waals surface area contributed by atoms with Crippen molar-refractivity contribution in [2.75, 3.05) is 6.54 Å². The summed E-state index contributed by atoms with van der Waals surface area (Å²) in [6.07, 6.45) is 2.23. The van der Waals surface area contributed by atoms with Crippen LogP contribution in [0.3, 0.4) is 0 Å². The van der Waals surface area contributed by atoms with Crippen molar-refractivity contribution in [1.82, 2.24) is 5.32 Å². The smallest absolute Gasteiger partial charge is 0.252 e. The van der Waals surface area contributed by atoms with Gasteiger partial charge in [0.25, 0.3) is 5.91 Å². The van der Waals surface area contributed by atoms with Crippen LogP contribution in [0.15, 0.2) is 24.3 Å². The quantitative estimate of drug-likeness (QED) is 0.823. The first-order chi connectivity index (χ1) is 7.69. The molecule has 1 rings (SSSR count). The van der Waals surface area contributed by atoms with Gasteiger partial charge in [-0.15, -0.1) is 0 Å². The molecule has 0 saturated carbocycles. The lowest BCUT2D eigenvalue weighted by Gasteiger charge is -2.13. The van der Waals surface area contributed by atoms with Gasteiger partial charge in [-0.05, 0) is 40.6 Å². The van der Waals surface area contributed by atoms with Crippen molar-refractivity contribution >= 4 is 28.5 Å². The Morgan fingerprint density at radius 2 is 1.94 bits per heavy atom. The molecule has 1 aromatic carbocycles. The third-order valence-corrected chi connectivity index (χ3v) is 3.77. The molecule has 0 spiro atoms. The molecule has 0 aromatic heterocycles. The van der Waals surface area contributed by atoms with Gasteiger partial charge in [-0.3, -0.25) is 4.79 Å². The number of hydrogen-bond donors (Lipinski definition) is 1. The Kier molecular flexibility index (Phi) is 5.80. The molecule has 0 atom stereocenters. The molecule has 1 amide bonds. The number of hydrogen-bond acceptors (Lipinski definition) is 1. The van der Waals surface area contributed by atoms with E-state index >= 15 is 0 Å². The van der Waals surface area contributed by atoms with Gasteiger partial charge in [0, 0.05) is 10.1 Å². The summed E-state index contributed by atoms with van der Waals surface area (Å²) in [5, 5.41) is 3.00. The maximum absolute atomic E-state index is 11.9. The largest absolute Gasteiger partial charge is 0.352 e. The molecule has 1 aromatic rings. The van der Waals surface area contributed by atoms with Crippen LogP contribution in [-0.2, 0) is 0 Å². The van der Waals surface area contributed by atoms with Crippen molar-refractivity contribution in [2.24, 2.45) is 5.92 Å². The summed E-state index contributed by atoms with van der Waals surface area (Å²) in [6, 6.07) is 7.66. The average Bonchev–Trinajstić information content (AvgIpc) is 2.30. The van der Waals surface area contributed by atoms with Crippen molar-refractivity contribution in [2.45, 2.75) is 26.7 Å². The van der Waals surface area contributed by atoms with E-state index in [9.17, 15) is 4.79 Å². The first kappa shape index (κ1) is 13.5. The summed E-state index contributed by atoms with van der Waals surface area (Å²) >= 11 is 2.19. The molecule has 2 nitrogen and oxygen atoms in total. The van der Waals surface area contributed by atoms with Crippen LogP contribution in [0.25, 0.3) is 0 Å². The van der Waals surface area contributed by atoms with Crippen LogP contribution in [0.2, 0.25) is 0 Å². The van der Waals surface area contributed by atoms with E-state index in [-0.39, 0.29) is 5.91 Å². The van der Waals surface area contributed by atoms with Crippen LogP contribution in [0.4, 0.5) is 0 Å². The van der Waals surface area contributed by atoms with Gasteiger partial charge in [0.2, 0.25) is 0 Å². The highest BCUT2D eigenvalue weighted by atomic mass is 127. The monoisotopic (exact) mass is 331 g/mol. The second kappa shape index (κ2) is 6.89. The fourth-order valence-electron chi connectivity index (χ4n) is 1.55. The van der Waals surface area contributed by atoms with Gasteiger partial charge in [-0.25, -0.2) is 0 Å². The molecule has 0 fully saturated rings. The summed E-state index contributed by atoms with van der Waals surface area (Å²) in [4.78, 5) is 11.9. The van der Waals surface area contributed by atoms with Crippen LogP contribution in [0, 0.1) is 9.49 Å². The SMILES string of the molecule is CCC(CC)CNC(=O)c1ccccc1I. The number of rotatable bonds is 5. The van der Waals surface area contributed by atoms with E-state index in [2.05, 4.69) is 41.8 Å². The van der Waals surface area contributed by atoms with E-state index < -0.39 is 0 Å². The minimum atomic E-state index is 0.0388. The van der Waals surface area contributed by atoms with Crippen molar-refractivity contribution < 1.29 is 4.79 Å². The molecule has 0 unspecified atom stereocenters. The number of nitrogens with one attached hydrogen (secondary N) is 1. The number of carbonyl (C=O) groups is 1. The highest BCUT2D eigenvalue weighted by Gasteiger charge is 2.10. The topological polar surface area (TPSA) is 29.1 Å². The van der Waals surface area contributed by atoms with Gasteiger partial charge in [0.05, 0.1) is 5.56 Å². The molecule has 88 valence electrons. The third-order valence-electron chi connectivity index (χ3n) is 2.82. The van der Waals surface area contributed by atoms with E-state index in [1.807, 2.05) is 24.3 Å². The lowest BCUT2D eigenvalue weighted by atomic mass is 10.0. The molecular formula is C13H18INO. The van der Waals surface area contributed by atoms with E-state index in [1.54, 1.807) is 0 Å². The minimum Gasteiger partial charge on any atom is -0.352 e. The third kappa shape index (κ3) is 3.77. The molecule has 0 aliphatic rings. The van der Waals surface area contributed by atoms with Crippen LogP contribution in [-0.4, -0.2) is 12.5 Å². The van der Waals surface area contributed by atoms with Gasteiger partial charge >= 0.3 is 0 Å². The Morgan fingerprint density at radius 3 is 2.50 bits per heavy atom. The Hall–Kier alpha value is -0.580. The predicted octanol–water partition coefficient (Wildman–Crippen LogP) is 3.46. The lowest BCUT2D eigenvalue weighted by molar-refractivity contribution is 0.0945. The average molecular weight is 331 g/mol. The van der Waals surface area contributed by atoms with Crippen LogP contribution in [0.5, 0.6) is 0 Å². The van der Waals surface area contributed by atoms with Gasteiger partial charge in [0.1, 0.15) is 0 Å².